The first-order chi connectivity index (χ1) is 41.9. The molecule has 8 heteroatoms. The van der Waals surface area contributed by atoms with Gasteiger partial charge < -0.3 is 30.6 Å². The average Bonchev–Trinajstić information content (AvgIpc) is 1.86. The van der Waals surface area contributed by atoms with E-state index in [0.717, 1.165) is 111 Å². The van der Waals surface area contributed by atoms with E-state index in [1.165, 1.54) is 84.7 Å². The Balaban J connectivity index is 0.00000941. The van der Waals surface area contributed by atoms with Crippen LogP contribution in [0.2, 0.25) is 0 Å². The molecule has 5 heterocycles. The third-order valence-corrected chi connectivity index (χ3v) is 18.2. The number of hydrogen-bond acceptors (Lipinski definition) is 2. The minimum atomic E-state index is -0.969. The topological polar surface area (TPSA) is 96.9 Å². The second kappa shape index (κ2) is 27.6. The van der Waals surface area contributed by atoms with Gasteiger partial charge in [0.2, 0.25) is 0 Å². The smallest absolute Gasteiger partial charge is 0.335 e. The van der Waals surface area contributed by atoms with Crippen molar-refractivity contribution in [3.63, 3.8) is 0 Å². The van der Waals surface area contributed by atoms with Crippen LogP contribution in [-0.2, 0) is 54.0 Å². The van der Waals surface area contributed by atoms with Crippen molar-refractivity contribution < 1.29 is 29.4 Å². The molecule has 0 saturated carbocycles. The van der Waals surface area contributed by atoms with Gasteiger partial charge in [-0.3, -0.25) is 0 Å². The zero-order valence-electron chi connectivity index (χ0n) is 56.1. The average molecular weight is 1240 g/mol. The van der Waals surface area contributed by atoms with Crippen molar-refractivity contribution in [2.75, 3.05) is 4.90 Å². The maximum Gasteiger partial charge on any atom is 0.335 e. The van der Waals surface area contributed by atoms with Crippen molar-refractivity contribution >= 4 is 39.8 Å². The molecule has 10 rings (SSSR count). The summed E-state index contributed by atoms with van der Waals surface area (Å²) in [6, 6.07) is 48.2. The summed E-state index contributed by atoms with van der Waals surface area (Å²) in [7, 11) is 0. The molecule has 2 atom stereocenters. The molecule has 0 amide bonds. The number of aromatic carboxylic acids is 1. The SMILES string of the molecule is CCCCCCc1ccc(N(/C2=c3\cc/c([n-]3)=C(\c3cc(C(C)(C)C)cc(C(C)(C)C)c3)C3CC/C(=C(\C#Cc4ccc(C(=O)O)cc4)c4ccc([n-]4)/C(c4cc(C(C)(C)C)cc(C(C)(C)C)c4)=C4/CCC2[N-]4)[N-]3)c2ccc(CCCCCC)cc2)cc1.[Zn]. The molecule has 89 heavy (non-hydrogen) atoms. The molecule has 2 fully saturated rings. The van der Waals surface area contributed by atoms with Gasteiger partial charge in [0.1, 0.15) is 0 Å². The zero-order chi connectivity index (χ0) is 62.7. The second-order valence-electron chi connectivity index (χ2n) is 29.3. The number of benzene rings is 5. The fourth-order valence-electron chi connectivity index (χ4n) is 12.6. The van der Waals surface area contributed by atoms with E-state index in [1.807, 2.05) is 0 Å². The molecule has 7 nitrogen and oxygen atoms in total. The van der Waals surface area contributed by atoms with Crippen LogP contribution in [-0.4, -0.2) is 23.2 Å². The van der Waals surface area contributed by atoms with Gasteiger partial charge in [0.15, 0.2) is 0 Å². The number of nitrogens with zero attached hydrogens (tertiary/aromatic N) is 5. The van der Waals surface area contributed by atoms with Crippen LogP contribution in [0, 0.1) is 11.8 Å². The molecule has 462 valence electrons. The quantitative estimate of drug-likeness (QED) is 0.0591. The summed E-state index contributed by atoms with van der Waals surface area (Å²) in [5, 5.41) is 23.5. The summed E-state index contributed by atoms with van der Waals surface area (Å²) in [6.07, 6.45) is 14.9. The largest absolute Gasteiger partial charge is 0.681 e. The Morgan fingerprint density at radius 2 is 0.978 bits per heavy atom. The minimum absolute atomic E-state index is 0. The number of carboxylic acid groups (broad SMARTS) is 1. The van der Waals surface area contributed by atoms with Crippen LogP contribution in [0.25, 0.3) is 33.0 Å². The molecule has 0 aliphatic carbocycles. The summed E-state index contributed by atoms with van der Waals surface area (Å²) in [5.74, 6) is 6.08. The van der Waals surface area contributed by atoms with Gasteiger partial charge in [0.05, 0.1) is 5.56 Å². The normalized spacial score (nSPS) is 19.0. The first kappa shape index (κ1) is 66.4. The summed E-state index contributed by atoms with van der Waals surface area (Å²) >= 11 is 0. The van der Waals surface area contributed by atoms with E-state index in [-0.39, 0.29) is 58.8 Å². The molecule has 5 aromatic carbocycles. The summed E-state index contributed by atoms with van der Waals surface area (Å²) in [5.41, 5.74) is 20.1. The number of fused-ring (bicyclic) bond motifs is 8. The second-order valence-corrected chi connectivity index (χ2v) is 29.3. The number of aryl methyl sites for hydroxylation is 2. The molecule has 2 unspecified atom stereocenters. The minimum Gasteiger partial charge on any atom is -0.681 e. The molecule has 3 aliphatic rings. The fraction of sp³-hybridized carbons (Fsp3) is 0.420. The first-order valence-electron chi connectivity index (χ1n) is 32.9. The van der Waals surface area contributed by atoms with Gasteiger partial charge in [-0.25, -0.2) is 4.79 Å². The molecule has 7 aromatic rings. The monoisotopic (exact) mass is 1230 g/mol. The predicted molar refractivity (Wildman–Crippen MR) is 369 cm³/mol. The van der Waals surface area contributed by atoms with E-state index in [0.29, 0.717) is 12.0 Å². The van der Waals surface area contributed by atoms with Gasteiger partial charge in [0, 0.05) is 36.4 Å². The number of anilines is 2. The Bertz CT molecular complexity index is 3780. The van der Waals surface area contributed by atoms with E-state index in [1.54, 1.807) is 24.3 Å². The van der Waals surface area contributed by atoms with Gasteiger partial charge in [-0.15, -0.1) is 27.8 Å². The Morgan fingerprint density at radius 3 is 1.48 bits per heavy atom. The fourth-order valence-corrected chi connectivity index (χ4v) is 12.6. The van der Waals surface area contributed by atoms with Gasteiger partial charge >= 0.3 is 5.97 Å². The molecular weight excluding hydrogens is 1140 g/mol. The van der Waals surface area contributed by atoms with Crippen molar-refractivity contribution in [2.45, 2.75) is 221 Å². The van der Waals surface area contributed by atoms with E-state index >= 15 is 0 Å². The van der Waals surface area contributed by atoms with E-state index in [2.05, 4.69) is 223 Å². The van der Waals surface area contributed by atoms with Crippen LogP contribution in [0.1, 0.15) is 246 Å². The van der Waals surface area contributed by atoms with Crippen molar-refractivity contribution in [1.29, 1.82) is 0 Å². The van der Waals surface area contributed by atoms with Gasteiger partial charge in [-0.2, -0.15) is 5.70 Å². The van der Waals surface area contributed by atoms with Crippen LogP contribution in [0.15, 0.2) is 145 Å². The molecule has 0 radical (unpaired) electrons. The molecule has 2 aromatic heterocycles. The van der Waals surface area contributed by atoms with Crippen LogP contribution in [0.3, 0.4) is 0 Å². The van der Waals surface area contributed by atoms with Crippen LogP contribution in [0.5, 0.6) is 0 Å². The molecule has 8 bridgehead atoms. The van der Waals surface area contributed by atoms with Crippen molar-refractivity contribution in [3.05, 3.63) is 233 Å². The molecule has 3 aliphatic heterocycles. The number of hydrogen-bond donors (Lipinski definition) is 1. The number of carboxylic acids is 1. The van der Waals surface area contributed by atoms with Crippen LogP contribution in [0.4, 0.5) is 11.4 Å². The predicted octanol–water partition coefficient (Wildman–Crippen LogP) is 19.2. The summed E-state index contributed by atoms with van der Waals surface area (Å²) in [4.78, 5) is 26.1. The van der Waals surface area contributed by atoms with Crippen LogP contribution < -0.4 is 25.6 Å². The van der Waals surface area contributed by atoms with Crippen molar-refractivity contribution in [3.8, 4) is 11.8 Å². The molecule has 1 N–H and O–H groups in total. The number of unbranched alkanes of at least 4 members (excludes halogenated alkanes) is 6. The molecule has 0 spiro atoms. The van der Waals surface area contributed by atoms with Crippen molar-refractivity contribution in [2.24, 2.45) is 0 Å². The maximum absolute atomic E-state index is 11.9. The van der Waals surface area contributed by atoms with E-state index < -0.39 is 5.97 Å². The zero-order valence-corrected chi connectivity index (χ0v) is 59.0. The van der Waals surface area contributed by atoms with E-state index in [9.17, 15) is 9.90 Å². The maximum atomic E-state index is 11.9. The standard InChI is InChI=1S/C81H95N5O2.Zn/c1-15-17-19-21-23-53-27-34-63(35-28-53)86(64-36-29-54(30-37-64)24-22-20-18-16-2)76-72-45-43-70(84-72)74(57-47-59(78(3,4)5)51-60(48-57)79(6,7)8)68-41-39-66(82-68)65(38-31-55-25-32-56(33-26-55)77(87)88)67-40-42-69(83-67)75(71-44-46-73(76)85-71)58-49-61(80(9,10)11)52-62(50-58)81(12,13)14;/h25-30,32-37,39,41,44,46-52,69,72H,15-24,40,42-43,45H2,1-14H3,(H,87,88);/q-4;/b67-65-,74-70-,75-71-,76-73+;. The number of aromatic nitrogens is 2. The Morgan fingerprint density at radius 1 is 0.506 bits per heavy atom. The molecular formula is C81H95N5O2Zn-4. The third kappa shape index (κ3) is 15.6. The van der Waals surface area contributed by atoms with Gasteiger partial charge in [-0.1, -0.05) is 268 Å². The molecule has 2 saturated heterocycles. The number of carbonyl (C=O) groups is 1. The van der Waals surface area contributed by atoms with Crippen molar-refractivity contribution in [1.82, 2.24) is 9.97 Å². The van der Waals surface area contributed by atoms with E-state index in [4.69, 9.17) is 20.6 Å². The number of rotatable bonds is 16. The Hall–Kier alpha value is -7.07. The third-order valence-electron chi connectivity index (χ3n) is 18.2. The number of allylic oxidation sites excluding steroid dienone is 3. The van der Waals surface area contributed by atoms with Gasteiger partial charge in [0.25, 0.3) is 0 Å². The summed E-state index contributed by atoms with van der Waals surface area (Å²) < 4.78 is 0. The first-order valence-corrected chi connectivity index (χ1v) is 32.9. The Kier molecular flexibility index (Phi) is 20.6. The van der Waals surface area contributed by atoms with Crippen LogP contribution >= 0.6 is 0 Å². The summed E-state index contributed by atoms with van der Waals surface area (Å²) in [6.45, 7) is 32.2. The van der Waals surface area contributed by atoms with Gasteiger partial charge in [-0.05, 0) is 164 Å². The Labute approximate surface area is 546 Å².